The largest absolute Gasteiger partial charge is 0.402 e. The van der Waals surface area contributed by atoms with Crippen LogP contribution in [0.5, 0.6) is 0 Å². The molecule has 0 aliphatic heterocycles. The van der Waals surface area contributed by atoms with Gasteiger partial charge in [-0.05, 0) is 12.5 Å². The van der Waals surface area contributed by atoms with E-state index in [0.717, 1.165) is 37.4 Å². The van der Waals surface area contributed by atoms with Crippen LogP contribution in [0, 0.1) is 5.92 Å². The van der Waals surface area contributed by atoms with Gasteiger partial charge in [-0.2, -0.15) is 0 Å². The Kier molecular flexibility index (Phi) is 4.86. The van der Waals surface area contributed by atoms with Crippen LogP contribution in [0.1, 0.15) is 6.42 Å². The van der Waals surface area contributed by atoms with E-state index in [-0.39, 0.29) is 0 Å². The second-order valence-corrected chi connectivity index (χ2v) is 4.08. The number of hydrogen-bond donors (Lipinski definition) is 2. The van der Waals surface area contributed by atoms with E-state index in [0.29, 0.717) is 5.92 Å². The van der Waals surface area contributed by atoms with Crippen LogP contribution in [0.2, 0.25) is 0 Å². The highest BCUT2D eigenvalue weighted by molar-refractivity contribution is 5.26. The third kappa shape index (κ3) is 3.59. The van der Waals surface area contributed by atoms with Gasteiger partial charge in [0.1, 0.15) is 0 Å². The summed E-state index contributed by atoms with van der Waals surface area (Å²) in [6, 6.07) is 0. The molecule has 0 aromatic carbocycles. The Morgan fingerprint density at radius 1 is 1.31 bits per heavy atom. The topological polar surface area (TPSA) is 55.3 Å². The summed E-state index contributed by atoms with van der Waals surface area (Å²) in [5.41, 5.74) is 13.3. The number of nitrogens with zero attached hydrogens (tertiary/aromatic N) is 1. The SMILES string of the molecule is C=CCN(CC=C)CC1CC=C(N)C=C1N. The zero-order valence-corrected chi connectivity index (χ0v) is 9.73. The van der Waals surface area contributed by atoms with Gasteiger partial charge in [0, 0.05) is 36.9 Å². The molecule has 1 rings (SSSR count). The Bertz CT molecular complexity index is 305. The molecule has 0 saturated carbocycles. The van der Waals surface area contributed by atoms with Crippen LogP contribution in [0.4, 0.5) is 0 Å². The van der Waals surface area contributed by atoms with Crippen molar-refractivity contribution in [2.75, 3.05) is 19.6 Å². The van der Waals surface area contributed by atoms with E-state index in [2.05, 4.69) is 18.1 Å². The first-order chi connectivity index (χ1) is 7.67. The van der Waals surface area contributed by atoms with E-state index >= 15 is 0 Å². The van der Waals surface area contributed by atoms with Crippen LogP contribution in [-0.2, 0) is 0 Å². The molecule has 0 bridgehead atoms. The second kappa shape index (κ2) is 6.18. The maximum Gasteiger partial charge on any atom is 0.0291 e. The van der Waals surface area contributed by atoms with Crippen LogP contribution in [0.25, 0.3) is 0 Å². The zero-order valence-electron chi connectivity index (χ0n) is 9.73. The molecule has 1 unspecified atom stereocenters. The Balaban J connectivity index is 2.55. The average Bonchev–Trinajstić information content (AvgIpc) is 2.23. The molecule has 0 aromatic rings. The van der Waals surface area contributed by atoms with Gasteiger partial charge >= 0.3 is 0 Å². The number of nitrogens with two attached hydrogens (primary N) is 2. The minimum Gasteiger partial charge on any atom is -0.402 e. The van der Waals surface area contributed by atoms with Crippen LogP contribution < -0.4 is 11.5 Å². The molecule has 1 aliphatic rings. The lowest BCUT2D eigenvalue weighted by molar-refractivity contribution is 0.292. The van der Waals surface area contributed by atoms with Crippen LogP contribution in [0.15, 0.2) is 48.9 Å². The number of allylic oxidation sites excluding steroid dienone is 2. The third-order valence-electron chi connectivity index (χ3n) is 2.70. The average molecular weight is 219 g/mol. The summed E-state index contributed by atoms with van der Waals surface area (Å²) in [6.07, 6.45) is 8.60. The molecule has 1 atom stereocenters. The fourth-order valence-electron chi connectivity index (χ4n) is 1.86. The van der Waals surface area contributed by atoms with Crippen molar-refractivity contribution in [3.8, 4) is 0 Å². The molecule has 0 fully saturated rings. The van der Waals surface area contributed by atoms with E-state index in [1.54, 1.807) is 0 Å². The summed E-state index contributed by atoms with van der Waals surface area (Å²) in [7, 11) is 0. The minimum absolute atomic E-state index is 0.354. The lowest BCUT2D eigenvalue weighted by Crippen LogP contribution is -2.33. The summed E-state index contributed by atoms with van der Waals surface area (Å²) in [6.45, 7) is 10.1. The molecule has 3 heteroatoms. The normalized spacial score (nSPS) is 20.2. The first kappa shape index (κ1) is 12.6. The monoisotopic (exact) mass is 219 g/mol. The van der Waals surface area contributed by atoms with Gasteiger partial charge < -0.3 is 11.5 Å². The van der Waals surface area contributed by atoms with Crippen molar-refractivity contribution in [2.24, 2.45) is 17.4 Å². The molecule has 88 valence electrons. The summed E-state index contributed by atoms with van der Waals surface area (Å²) >= 11 is 0. The molecule has 0 amide bonds. The molecule has 4 N–H and O–H groups in total. The van der Waals surface area contributed by atoms with E-state index in [1.807, 2.05) is 24.3 Å². The van der Waals surface area contributed by atoms with Gasteiger partial charge in [-0.3, -0.25) is 4.90 Å². The lowest BCUT2D eigenvalue weighted by Gasteiger charge is -2.27. The van der Waals surface area contributed by atoms with Gasteiger partial charge in [0.05, 0.1) is 0 Å². The Hall–Kier alpha value is -1.48. The van der Waals surface area contributed by atoms with Crippen LogP contribution in [-0.4, -0.2) is 24.5 Å². The summed E-state index contributed by atoms with van der Waals surface area (Å²) in [5.74, 6) is 0.354. The lowest BCUT2D eigenvalue weighted by atomic mass is 9.95. The van der Waals surface area contributed by atoms with Crippen molar-refractivity contribution < 1.29 is 0 Å². The van der Waals surface area contributed by atoms with Crippen LogP contribution >= 0.6 is 0 Å². The van der Waals surface area contributed by atoms with E-state index in [4.69, 9.17) is 11.5 Å². The van der Waals surface area contributed by atoms with E-state index in [1.165, 1.54) is 0 Å². The van der Waals surface area contributed by atoms with Crippen molar-refractivity contribution in [3.05, 3.63) is 48.9 Å². The maximum absolute atomic E-state index is 5.97. The molecule has 0 aromatic heterocycles. The fraction of sp³-hybridized carbons (Fsp3) is 0.385. The fourth-order valence-corrected chi connectivity index (χ4v) is 1.86. The summed E-state index contributed by atoms with van der Waals surface area (Å²) in [4.78, 5) is 2.26. The maximum atomic E-state index is 5.97. The highest BCUT2D eigenvalue weighted by atomic mass is 15.1. The van der Waals surface area contributed by atoms with Crippen molar-refractivity contribution in [2.45, 2.75) is 6.42 Å². The predicted octanol–water partition coefficient (Wildman–Crippen LogP) is 1.37. The summed E-state index contributed by atoms with van der Waals surface area (Å²) in [5, 5.41) is 0. The predicted molar refractivity (Wildman–Crippen MR) is 69.5 cm³/mol. The van der Waals surface area contributed by atoms with E-state index < -0.39 is 0 Å². The molecular weight excluding hydrogens is 198 g/mol. The van der Waals surface area contributed by atoms with Crippen molar-refractivity contribution in [3.63, 3.8) is 0 Å². The summed E-state index contributed by atoms with van der Waals surface area (Å²) < 4.78 is 0. The molecule has 0 saturated heterocycles. The van der Waals surface area contributed by atoms with Gasteiger partial charge in [0.2, 0.25) is 0 Å². The first-order valence-corrected chi connectivity index (χ1v) is 5.54. The molecular formula is C13H21N3. The molecule has 0 radical (unpaired) electrons. The van der Waals surface area contributed by atoms with Gasteiger partial charge in [-0.15, -0.1) is 13.2 Å². The van der Waals surface area contributed by atoms with Gasteiger partial charge in [0.25, 0.3) is 0 Å². The Morgan fingerprint density at radius 2 is 1.94 bits per heavy atom. The van der Waals surface area contributed by atoms with Gasteiger partial charge in [-0.25, -0.2) is 0 Å². The van der Waals surface area contributed by atoms with E-state index in [9.17, 15) is 0 Å². The number of rotatable bonds is 6. The Morgan fingerprint density at radius 3 is 2.44 bits per heavy atom. The smallest absolute Gasteiger partial charge is 0.0291 e. The van der Waals surface area contributed by atoms with Crippen molar-refractivity contribution in [1.29, 1.82) is 0 Å². The Labute approximate surface area is 97.8 Å². The zero-order chi connectivity index (χ0) is 12.0. The number of hydrogen-bond acceptors (Lipinski definition) is 3. The van der Waals surface area contributed by atoms with Gasteiger partial charge in [-0.1, -0.05) is 18.2 Å². The first-order valence-electron chi connectivity index (χ1n) is 5.54. The van der Waals surface area contributed by atoms with Crippen molar-refractivity contribution >= 4 is 0 Å². The molecule has 0 spiro atoms. The van der Waals surface area contributed by atoms with Crippen LogP contribution in [0.3, 0.4) is 0 Å². The van der Waals surface area contributed by atoms with Gasteiger partial charge in [0.15, 0.2) is 0 Å². The third-order valence-corrected chi connectivity index (χ3v) is 2.70. The molecule has 3 nitrogen and oxygen atoms in total. The molecule has 1 aliphatic carbocycles. The minimum atomic E-state index is 0.354. The second-order valence-electron chi connectivity index (χ2n) is 4.08. The highest BCUT2D eigenvalue weighted by Crippen LogP contribution is 2.19. The molecule has 16 heavy (non-hydrogen) atoms. The highest BCUT2D eigenvalue weighted by Gasteiger charge is 2.17. The van der Waals surface area contributed by atoms with Crippen molar-refractivity contribution in [1.82, 2.24) is 4.90 Å². The standard InChI is InChI=1S/C13H21N3/c1-3-7-16(8-4-2)10-11-5-6-12(14)9-13(11)15/h3-4,6,9,11H,1-2,5,7-8,10,14-15H2. The quantitative estimate of drug-likeness (QED) is 0.663. The molecule has 0 heterocycles.